The lowest BCUT2D eigenvalue weighted by Crippen LogP contribution is -2.49. The molecule has 10 heterocycles. The van der Waals surface area contributed by atoms with Crippen molar-refractivity contribution >= 4 is 33.9 Å². The Bertz CT molecular complexity index is 2670. The normalized spacial score (nSPS) is 18.5. The molecular weight excluding hydrogens is 705 g/mol. The summed E-state index contributed by atoms with van der Waals surface area (Å²) >= 11 is 0. The molecule has 4 aliphatic rings. The van der Waals surface area contributed by atoms with Gasteiger partial charge in [-0.3, -0.25) is 19.2 Å². The average molecular weight is 751 g/mol. The minimum Gasteiger partial charge on any atom is -0.368 e. The van der Waals surface area contributed by atoms with Crippen molar-refractivity contribution in [1.29, 1.82) is 0 Å². The number of aryl methyl sites for hydroxylation is 4. The van der Waals surface area contributed by atoms with Gasteiger partial charge >= 0.3 is 0 Å². The number of amidine groups is 1. The number of rotatable bonds is 4. The van der Waals surface area contributed by atoms with Gasteiger partial charge in [-0.1, -0.05) is 0 Å². The maximum absolute atomic E-state index is 12.9. The van der Waals surface area contributed by atoms with E-state index in [1.165, 1.54) is 5.70 Å². The highest BCUT2D eigenvalue weighted by Gasteiger charge is 2.22. The van der Waals surface area contributed by atoms with E-state index < -0.39 is 0 Å². The molecule has 0 unspecified atom stereocenters. The first kappa shape index (κ1) is 35.5. The van der Waals surface area contributed by atoms with E-state index in [2.05, 4.69) is 77.8 Å². The summed E-state index contributed by atoms with van der Waals surface area (Å²) in [7, 11) is 0. The quantitative estimate of drug-likeness (QED) is 0.274. The van der Waals surface area contributed by atoms with E-state index >= 15 is 0 Å². The molecule has 0 radical (unpaired) electrons. The number of nitrogens with one attached hydrogen (secondary N) is 2. The Labute approximate surface area is 324 Å². The molecule has 0 aliphatic carbocycles. The molecule has 0 amide bonds. The van der Waals surface area contributed by atoms with E-state index in [1.807, 2.05) is 69.0 Å². The first-order valence-corrected chi connectivity index (χ1v) is 19.3. The molecule has 10 rings (SSSR count). The lowest BCUT2D eigenvalue weighted by Gasteiger charge is -2.34. The van der Waals surface area contributed by atoms with Crippen LogP contribution >= 0.6 is 0 Å². The molecular formula is C41H46N14O. The second-order valence-corrected chi connectivity index (χ2v) is 14.9. The number of nitrogens with zero attached hydrogens (tertiary/aromatic N) is 12. The summed E-state index contributed by atoms with van der Waals surface area (Å²) in [4.78, 5) is 38.3. The first-order chi connectivity index (χ1) is 27.1. The van der Waals surface area contributed by atoms with Crippen LogP contribution in [-0.2, 0) is 0 Å². The highest BCUT2D eigenvalue weighted by molar-refractivity contribution is 6.00. The number of pyridine rings is 1. The molecule has 0 saturated carbocycles. The molecule has 0 aromatic carbocycles. The number of allylic oxidation sites excluding steroid dienone is 1. The van der Waals surface area contributed by atoms with Crippen molar-refractivity contribution in [3.8, 4) is 11.4 Å². The van der Waals surface area contributed by atoms with Gasteiger partial charge in [0.1, 0.15) is 22.9 Å². The number of hydrogen-bond acceptors (Lipinski definition) is 12. The molecule has 2 fully saturated rings. The van der Waals surface area contributed by atoms with Gasteiger partial charge in [-0.15, -0.1) is 0 Å². The van der Waals surface area contributed by atoms with Gasteiger partial charge in [0.05, 0.1) is 69.0 Å². The molecule has 56 heavy (non-hydrogen) atoms. The van der Waals surface area contributed by atoms with Gasteiger partial charge in [0.2, 0.25) is 0 Å². The summed E-state index contributed by atoms with van der Waals surface area (Å²) in [6, 6.07) is 9.91. The van der Waals surface area contributed by atoms with Crippen molar-refractivity contribution in [3.63, 3.8) is 0 Å². The van der Waals surface area contributed by atoms with Crippen LogP contribution in [0.5, 0.6) is 0 Å². The fraction of sp³-hybridized carbons (Fsp3) is 0.341. The molecule has 2 N–H and O–H groups in total. The summed E-state index contributed by atoms with van der Waals surface area (Å²) in [5, 5.41) is 16.2. The van der Waals surface area contributed by atoms with Crippen LogP contribution in [0.2, 0.25) is 0 Å². The van der Waals surface area contributed by atoms with Crippen LogP contribution in [0, 0.1) is 27.7 Å². The topological polar surface area (TPSA) is 141 Å². The number of aromatic nitrogens is 8. The van der Waals surface area contributed by atoms with Gasteiger partial charge in [0, 0.05) is 76.9 Å². The minimum atomic E-state index is -0.113. The van der Waals surface area contributed by atoms with Gasteiger partial charge in [-0.2, -0.15) is 10.2 Å². The highest BCUT2D eigenvalue weighted by atomic mass is 16.1. The molecule has 0 spiro atoms. The third-order valence-electron chi connectivity index (χ3n) is 10.6. The van der Waals surface area contributed by atoms with Gasteiger partial charge in [-0.05, 0) is 77.1 Å². The Morgan fingerprint density at radius 3 is 2.18 bits per heavy atom. The zero-order valence-electron chi connectivity index (χ0n) is 32.4. The first-order valence-electron chi connectivity index (χ1n) is 19.3. The third kappa shape index (κ3) is 6.95. The molecule has 286 valence electrons. The molecule has 0 bridgehead atoms. The van der Waals surface area contributed by atoms with Gasteiger partial charge in [-0.25, -0.2) is 19.0 Å². The van der Waals surface area contributed by atoms with Gasteiger partial charge < -0.3 is 25.3 Å². The second kappa shape index (κ2) is 14.5. The Hall–Kier alpha value is -6.19. The van der Waals surface area contributed by atoms with E-state index in [1.54, 1.807) is 15.0 Å². The fourth-order valence-electron chi connectivity index (χ4n) is 7.81. The van der Waals surface area contributed by atoms with Crippen molar-refractivity contribution in [3.05, 3.63) is 118 Å². The van der Waals surface area contributed by atoms with Gasteiger partial charge in [0.15, 0.2) is 0 Å². The molecule has 6 aromatic rings. The Morgan fingerprint density at radius 1 is 0.750 bits per heavy atom. The van der Waals surface area contributed by atoms with E-state index in [9.17, 15) is 4.79 Å². The maximum Gasteiger partial charge on any atom is 0.258 e. The highest BCUT2D eigenvalue weighted by Crippen LogP contribution is 2.26. The average Bonchev–Trinajstić information content (AvgIpc) is 3.84. The molecule has 2 saturated heterocycles. The lowest BCUT2D eigenvalue weighted by atomic mass is 10.2. The van der Waals surface area contributed by atoms with E-state index in [-0.39, 0.29) is 5.56 Å². The smallest absolute Gasteiger partial charge is 0.258 e. The van der Waals surface area contributed by atoms with Crippen molar-refractivity contribution in [2.45, 2.75) is 40.7 Å². The zero-order valence-corrected chi connectivity index (χ0v) is 32.4. The summed E-state index contributed by atoms with van der Waals surface area (Å²) in [5.41, 5.74) is 11.5. The number of aliphatic imine (C=N–C) groups is 1. The fourth-order valence-corrected chi connectivity index (χ4v) is 7.81. The Balaban J connectivity index is 0.000000147. The van der Waals surface area contributed by atoms with Crippen LogP contribution in [-0.4, -0.2) is 113 Å². The molecule has 1 atom stereocenters. The largest absolute Gasteiger partial charge is 0.368 e. The van der Waals surface area contributed by atoms with Crippen LogP contribution in [0.4, 0.5) is 5.69 Å². The van der Waals surface area contributed by atoms with Crippen LogP contribution < -0.4 is 21.1 Å². The van der Waals surface area contributed by atoms with Crippen LogP contribution in [0.3, 0.4) is 0 Å². The number of hydrogen-bond donors (Lipinski definition) is 2. The summed E-state index contributed by atoms with van der Waals surface area (Å²) < 4.78 is 5.31. The summed E-state index contributed by atoms with van der Waals surface area (Å²) in [6.07, 6.45) is 14.3. The van der Waals surface area contributed by atoms with Crippen molar-refractivity contribution in [2.24, 2.45) is 4.99 Å². The number of piperazine rings is 2. The van der Waals surface area contributed by atoms with Crippen LogP contribution in [0.15, 0.2) is 88.8 Å². The van der Waals surface area contributed by atoms with Crippen molar-refractivity contribution in [2.75, 3.05) is 57.3 Å². The predicted octanol–water partition coefficient (Wildman–Crippen LogP) is 3.54. The van der Waals surface area contributed by atoms with Crippen LogP contribution in [0.25, 0.3) is 33.8 Å². The molecule has 15 heteroatoms. The summed E-state index contributed by atoms with van der Waals surface area (Å²) in [6.45, 7) is 17.8. The molecule has 4 aliphatic heterocycles. The van der Waals surface area contributed by atoms with E-state index in [0.717, 1.165) is 109 Å². The molecule has 6 aromatic heterocycles. The van der Waals surface area contributed by atoms with E-state index in [0.29, 0.717) is 23.1 Å². The minimum absolute atomic E-state index is 0.113. The van der Waals surface area contributed by atoms with Gasteiger partial charge in [0.25, 0.3) is 5.56 Å². The maximum atomic E-state index is 12.9. The Kier molecular flexibility index (Phi) is 9.17. The standard InChI is InChI=1S/C21H23N7O.C20H23N7/c1-13-10-26(7-6-22-13)16-4-5-20-24-17(9-21(29)27(20)12-16)18-8-19-15(3)23-14(2)11-28(19)25-18;1-14-12-27-19(15(2)22-14)11-18(24-27)17-5-8-26-13-16(3-4-20(26)23-17)25-9-6-21-7-10-25/h4-5,8-9,11-13,22H,6-7,10H2,1-3H3;3-5,11-13,21H,6-10H2,1-2H3/t13-;/m0./s1. The predicted molar refractivity (Wildman–Crippen MR) is 219 cm³/mol. The number of fused-ring (bicyclic) bond motifs is 4. The third-order valence-corrected chi connectivity index (χ3v) is 10.6. The number of anilines is 1. The lowest BCUT2D eigenvalue weighted by molar-refractivity contribution is 0.302. The van der Waals surface area contributed by atoms with Crippen molar-refractivity contribution < 1.29 is 0 Å². The SMILES string of the molecule is Cc1cn2nc(-c3cc(=O)n4cc(N5CCN[C@@H](C)C5)ccc4n3)cc2c(C)n1.Cc1cn2nc(C3=CCN4C=C(N5CCNCC5)C=CC4=N3)cc2c(C)n1. The second-order valence-electron chi connectivity index (χ2n) is 14.9. The van der Waals surface area contributed by atoms with E-state index in [4.69, 9.17) is 15.1 Å². The van der Waals surface area contributed by atoms with Crippen LogP contribution in [0.1, 0.15) is 35.4 Å². The zero-order chi connectivity index (χ0) is 38.5. The molecule has 15 nitrogen and oxygen atoms in total. The Morgan fingerprint density at radius 2 is 1.45 bits per heavy atom. The van der Waals surface area contributed by atoms with Crippen molar-refractivity contribution in [1.82, 2.24) is 59.0 Å². The summed E-state index contributed by atoms with van der Waals surface area (Å²) in [5.74, 6) is 0.967. The monoisotopic (exact) mass is 750 g/mol.